The number of carbonyl (C=O) groups is 1. The molecule has 1 rings (SSSR count). The third-order valence-electron chi connectivity index (χ3n) is 2.66. The Bertz CT molecular complexity index is 616. The quantitative estimate of drug-likeness (QED) is 0.211. The molecule has 1 aromatic rings. The molecule has 0 unspecified atom stereocenters. The first-order valence-electron chi connectivity index (χ1n) is 7.63. The molecule has 0 aliphatic carbocycles. The molecule has 0 N–H and O–H groups in total. The summed E-state index contributed by atoms with van der Waals surface area (Å²) in [5.41, 5.74) is 0.641. The molecular weight excluding hydrogens is 305 g/mol. The minimum atomic E-state index is -0.824. The third-order valence-corrected chi connectivity index (χ3v) is 2.66. The molecule has 0 saturated heterocycles. The Morgan fingerprint density at radius 1 is 1.25 bits per heavy atom. The summed E-state index contributed by atoms with van der Waals surface area (Å²) in [4.78, 5) is 16.2. The van der Waals surface area contributed by atoms with E-state index in [4.69, 9.17) is 4.74 Å². The van der Waals surface area contributed by atoms with Crippen LogP contribution in [0.1, 0.15) is 19.4 Å². The molecule has 0 aliphatic heterocycles. The van der Waals surface area contributed by atoms with Gasteiger partial charge in [-0.25, -0.2) is 4.39 Å². The number of hydrogen-bond acceptors (Lipinski definition) is 3. The van der Waals surface area contributed by atoms with Crippen LogP contribution in [0.15, 0.2) is 85.0 Å². The standard InChI is InChI=1S/C18H18FNO2.C2H6/c1-4-11-22-13-16(18(14(3)19)20-5-2)17(21)12-15-9-7-6-8-10-15;1-2/h4-10,13H,1-3,11-12H2;1-2H3/b16-13+,20-18?;. The highest BCUT2D eigenvalue weighted by atomic mass is 19.1. The number of allylic oxidation sites excluding steroid dienone is 2. The molecule has 3 nitrogen and oxygen atoms in total. The number of carbonyl (C=O) groups excluding carboxylic acids is 1. The van der Waals surface area contributed by atoms with Gasteiger partial charge >= 0.3 is 0 Å². The van der Waals surface area contributed by atoms with E-state index >= 15 is 0 Å². The van der Waals surface area contributed by atoms with Crippen LogP contribution in [0.3, 0.4) is 0 Å². The summed E-state index contributed by atoms with van der Waals surface area (Å²) < 4.78 is 18.7. The normalized spacial score (nSPS) is 11.0. The lowest BCUT2D eigenvalue weighted by Gasteiger charge is -2.08. The van der Waals surface area contributed by atoms with Crippen LogP contribution in [0, 0.1) is 0 Å². The molecule has 0 fully saturated rings. The van der Waals surface area contributed by atoms with Crippen molar-refractivity contribution in [2.45, 2.75) is 20.3 Å². The van der Waals surface area contributed by atoms with Crippen LogP contribution in [0.5, 0.6) is 0 Å². The van der Waals surface area contributed by atoms with Crippen molar-refractivity contribution in [3.63, 3.8) is 0 Å². The van der Waals surface area contributed by atoms with E-state index < -0.39 is 5.83 Å². The topological polar surface area (TPSA) is 38.7 Å². The maximum absolute atomic E-state index is 13.6. The number of benzene rings is 1. The molecule has 0 saturated carbocycles. The smallest absolute Gasteiger partial charge is 0.172 e. The first kappa shape index (κ1) is 21.2. The van der Waals surface area contributed by atoms with Crippen LogP contribution in [-0.4, -0.2) is 18.1 Å². The second-order valence-corrected chi connectivity index (χ2v) is 4.30. The largest absolute Gasteiger partial charge is 0.496 e. The average Bonchev–Trinajstić information content (AvgIpc) is 2.59. The fourth-order valence-corrected chi connectivity index (χ4v) is 1.71. The second-order valence-electron chi connectivity index (χ2n) is 4.30. The monoisotopic (exact) mass is 329 g/mol. The fraction of sp³-hybridized carbons (Fsp3) is 0.200. The van der Waals surface area contributed by atoms with Crippen LogP contribution in [-0.2, 0) is 16.0 Å². The van der Waals surface area contributed by atoms with Gasteiger partial charge in [0.15, 0.2) is 5.78 Å². The predicted molar refractivity (Wildman–Crippen MR) is 98.6 cm³/mol. The summed E-state index contributed by atoms with van der Waals surface area (Å²) >= 11 is 0. The molecule has 0 spiro atoms. The zero-order valence-electron chi connectivity index (χ0n) is 14.3. The Morgan fingerprint density at radius 3 is 2.38 bits per heavy atom. The van der Waals surface area contributed by atoms with Gasteiger partial charge in [-0.2, -0.15) is 0 Å². The van der Waals surface area contributed by atoms with E-state index in [0.717, 1.165) is 11.8 Å². The molecule has 0 heterocycles. The van der Waals surface area contributed by atoms with Gasteiger partial charge in [-0.05, 0) is 5.56 Å². The van der Waals surface area contributed by atoms with Gasteiger partial charge in [0.25, 0.3) is 0 Å². The molecular formula is C20H24FNO2. The maximum Gasteiger partial charge on any atom is 0.172 e. The highest BCUT2D eigenvalue weighted by Gasteiger charge is 2.19. The van der Waals surface area contributed by atoms with Gasteiger partial charge in [0, 0.05) is 12.6 Å². The summed E-state index contributed by atoms with van der Waals surface area (Å²) in [7, 11) is 0. The summed E-state index contributed by atoms with van der Waals surface area (Å²) in [5.74, 6) is -1.15. The Labute approximate surface area is 143 Å². The minimum absolute atomic E-state index is 0.0121. The second kappa shape index (κ2) is 12.8. The highest BCUT2D eigenvalue weighted by Crippen LogP contribution is 2.14. The number of halogens is 1. The Kier molecular flexibility index (Phi) is 11.3. The molecule has 0 amide bonds. The van der Waals surface area contributed by atoms with E-state index in [9.17, 15) is 9.18 Å². The van der Waals surface area contributed by atoms with E-state index in [1.54, 1.807) is 0 Å². The number of nitrogens with zero attached hydrogens (tertiary/aromatic N) is 1. The number of ether oxygens (including phenoxy) is 1. The van der Waals surface area contributed by atoms with Crippen LogP contribution >= 0.6 is 0 Å². The number of hydrogen-bond donors (Lipinski definition) is 0. The zero-order valence-corrected chi connectivity index (χ0v) is 14.3. The Hall–Kier alpha value is -2.75. The lowest BCUT2D eigenvalue weighted by molar-refractivity contribution is -0.114. The van der Waals surface area contributed by atoms with E-state index in [1.165, 1.54) is 12.3 Å². The van der Waals surface area contributed by atoms with Gasteiger partial charge in [0.2, 0.25) is 0 Å². The lowest BCUT2D eigenvalue weighted by atomic mass is 10.00. The molecule has 0 aromatic heterocycles. The van der Waals surface area contributed by atoms with Crippen molar-refractivity contribution in [3.05, 3.63) is 85.6 Å². The van der Waals surface area contributed by atoms with Crippen molar-refractivity contribution in [1.82, 2.24) is 0 Å². The van der Waals surface area contributed by atoms with Crippen molar-refractivity contribution < 1.29 is 13.9 Å². The van der Waals surface area contributed by atoms with Gasteiger partial charge in [0.05, 0.1) is 11.8 Å². The molecule has 0 radical (unpaired) electrons. The third kappa shape index (κ3) is 7.49. The predicted octanol–water partition coefficient (Wildman–Crippen LogP) is 4.98. The van der Waals surface area contributed by atoms with Crippen LogP contribution < -0.4 is 0 Å². The van der Waals surface area contributed by atoms with Crippen molar-refractivity contribution in [2.24, 2.45) is 4.99 Å². The molecule has 0 bridgehead atoms. The number of ketones is 1. The highest BCUT2D eigenvalue weighted by molar-refractivity contribution is 6.27. The van der Waals surface area contributed by atoms with Gasteiger partial charge in [0.1, 0.15) is 18.1 Å². The van der Waals surface area contributed by atoms with Crippen molar-refractivity contribution in [1.29, 1.82) is 0 Å². The van der Waals surface area contributed by atoms with Gasteiger partial charge < -0.3 is 4.74 Å². The number of rotatable bonds is 9. The fourth-order valence-electron chi connectivity index (χ4n) is 1.71. The summed E-state index contributed by atoms with van der Waals surface area (Å²) in [6.45, 7) is 14.3. The van der Waals surface area contributed by atoms with Gasteiger partial charge in [-0.1, -0.05) is 70.0 Å². The SMILES string of the molecule is C=CCO/C=C(\C(=O)Cc1ccccc1)C(=NC=C)C(=C)F.CC. The van der Waals surface area contributed by atoms with E-state index in [-0.39, 0.29) is 30.1 Å². The van der Waals surface area contributed by atoms with Gasteiger partial charge in [-0.15, -0.1) is 0 Å². The minimum Gasteiger partial charge on any atom is -0.496 e. The maximum atomic E-state index is 13.6. The first-order valence-corrected chi connectivity index (χ1v) is 7.63. The van der Waals surface area contributed by atoms with Crippen LogP contribution in [0.2, 0.25) is 0 Å². The summed E-state index contributed by atoms with van der Waals surface area (Å²) in [5, 5.41) is 0. The molecule has 24 heavy (non-hydrogen) atoms. The van der Waals surface area contributed by atoms with Crippen molar-refractivity contribution in [2.75, 3.05) is 6.61 Å². The zero-order chi connectivity index (χ0) is 18.4. The Morgan fingerprint density at radius 2 is 1.88 bits per heavy atom. The molecule has 0 atom stereocenters. The summed E-state index contributed by atoms with van der Waals surface area (Å²) in [6, 6.07) is 9.13. The summed E-state index contributed by atoms with van der Waals surface area (Å²) in [6.07, 6.45) is 3.95. The molecule has 1 aromatic carbocycles. The average molecular weight is 329 g/mol. The Balaban J connectivity index is 0.00000254. The lowest BCUT2D eigenvalue weighted by Crippen LogP contribution is -2.16. The van der Waals surface area contributed by atoms with Crippen LogP contribution in [0.4, 0.5) is 4.39 Å². The molecule has 128 valence electrons. The molecule has 4 heteroatoms. The van der Waals surface area contributed by atoms with Crippen LogP contribution in [0.25, 0.3) is 0 Å². The van der Waals surface area contributed by atoms with E-state index in [2.05, 4.69) is 24.7 Å². The number of Topliss-reactive ketones (excluding diaryl/α,β-unsaturated/α-hetero) is 1. The van der Waals surface area contributed by atoms with Gasteiger partial charge in [-0.3, -0.25) is 9.79 Å². The first-order chi connectivity index (χ1) is 11.6. The van der Waals surface area contributed by atoms with E-state index in [1.807, 2.05) is 44.2 Å². The van der Waals surface area contributed by atoms with Crippen molar-refractivity contribution >= 4 is 11.5 Å². The molecule has 0 aliphatic rings. The van der Waals surface area contributed by atoms with E-state index in [0.29, 0.717) is 0 Å². The van der Waals surface area contributed by atoms with Crippen molar-refractivity contribution in [3.8, 4) is 0 Å². The number of aliphatic imine (C=N–C) groups is 1.